The van der Waals surface area contributed by atoms with E-state index in [2.05, 4.69) is 20.5 Å². The van der Waals surface area contributed by atoms with Crippen LogP contribution in [0, 0.1) is 11.6 Å². The van der Waals surface area contributed by atoms with Gasteiger partial charge < -0.3 is 10.2 Å². The van der Waals surface area contributed by atoms with Gasteiger partial charge in [0.05, 0.1) is 6.20 Å². The molecule has 3 aromatic rings. The van der Waals surface area contributed by atoms with E-state index in [4.69, 9.17) is 0 Å². The Hall–Kier alpha value is -3.09. The van der Waals surface area contributed by atoms with Crippen molar-refractivity contribution in [3.05, 3.63) is 71.9 Å². The standard InChI is InChI=1S/C18H17F2N5/c1-2-25(12-13-6-4-3-5-7-13)18-23-17(11-21-24-18)22-14-8-9-15(19)16(20)10-14/h3-11H,2,12H2,1H3,(H,22,23,24). The molecule has 0 saturated heterocycles. The van der Waals surface area contributed by atoms with Gasteiger partial charge in [-0.05, 0) is 24.6 Å². The number of halogens is 2. The molecule has 0 atom stereocenters. The zero-order valence-corrected chi connectivity index (χ0v) is 13.7. The van der Waals surface area contributed by atoms with E-state index in [1.165, 1.54) is 12.3 Å². The predicted molar refractivity (Wildman–Crippen MR) is 92.6 cm³/mol. The summed E-state index contributed by atoms with van der Waals surface area (Å²) in [6.07, 6.45) is 1.43. The van der Waals surface area contributed by atoms with Gasteiger partial charge in [-0.25, -0.2) is 8.78 Å². The summed E-state index contributed by atoms with van der Waals surface area (Å²) in [4.78, 5) is 6.38. The summed E-state index contributed by atoms with van der Waals surface area (Å²) in [6.45, 7) is 3.35. The monoisotopic (exact) mass is 341 g/mol. The Morgan fingerprint density at radius 3 is 2.56 bits per heavy atom. The molecule has 128 valence electrons. The Morgan fingerprint density at radius 1 is 1.04 bits per heavy atom. The number of aromatic nitrogens is 3. The Kier molecular flexibility index (Phi) is 5.13. The van der Waals surface area contributed by atoms with Crippen molar-refractivity contribution < 1.29 is 8.78 Å². The minimum absolute atomic E-state index is 0.386. The first-order chi connectivity index (χ1) is 12.2. The molecule has 1 heterocycles. The van der Waals surface area contributed by atoms with Crippen molar-refractivity contribution in [3.8, 4) is 0 Å². The zero-order chi connectivity index (χ0) is 17.6. The number of hydrogen-bond acceptors (Lipinski definition) is 5. The highest BCUT2D eigenvalue weighted by Crippen LogP contribution is 2.19. The summed E-state index contributed by atoms with van der Waals surface area (Å²) in [5, 5.41) is 10.9. The maximum Gasteiger partial charge on any atom is 0.247 e. The van der Waals surface area contributed by atoms with Crippen molar-refractivity contribution in [2.24, 2.45) is 0 Å². The topological polar surface area (TPSA) is 53.9 Å². The van der Waals surface area contributed by atoms with Gasteiger partial charge in [0.25, 0.3) is 0 Å². The molecule has 2 aromatic carbocycles. The second-order valence-corrected chi connectivity index (χ2v) is 5.40. The van der Waals surface area contributed by atoms with Crippen LogP contribution >= 0.6 is 0 Å². The summed E-state index contributed by atoms with van der Waals surface area (Å²) in [7, 11) is 0. The summed E-state index contributed by atoms with van der Waals surface area (Å²) in [5.74, 6) is -0.958. The minimum atomic E-state index is -0.925. The van der Waals surface area contributed by atoms with E-state index in [1.54, 1.807) is 0 Å². The lowest BCUT2D eigenvalue weighted by atomic mass is 10.2. The maximum atomic E-state index is 13.3. The molecule has 0 unspecified atom stereocenters. The van der Waals surface area contributed by atoms with Crippen LogP contribution in [0.25, 0.3) is 0 Å². The van der Waals surface area contributed by atoms with Crippen LogP contribution in [-0.2, 0) is 6.54 Å². The molecule has 0 fully saturated rings. The average Bonchev–Trinajstić information content (AvgIpc) is 2.64. The molecule has 3 rings (SSSR count). The predicted octanol–water partition coefficient (Wildman–Crippen LogP) is 3.92. The number of nitrogens with one attached hydrogen (secondary N) is 1. The average molecular weight is 341 g/mol. The Morgan fingerprint density at radius 2 is 1.84 bits per heavy atom. The summed E-state index contributed by atoms with van der Waals surface area (Å²) < 4.78 is 26.3. The fraction of sp³-hybridized carbons (Fsp3) is 0.167. The summed E-state index contributed by atoms with van der Waals surface area (Å²) in [5.41, 5.74) is 1.52. The van der Waals surface area contributed by atoms with Crippen molar-refractivity contribution in [1.29, 1.82) is 0 Å². The van der Waals surface area contributed by atoms with Gasteiger partial charge in [-0.2, -0.15) is 10.1 Å². The van der Waals surface area contributed by atoms with E-state index in [0.29, 0.717) is 30.5 Å². The molecule has 0 bridgehead atoms. The summed E-state index contributed by atoms with van der Waals surface area (Å²) >= 11 is 0. The number of rotatable bonds is 6. The normalized spacial score (nSPS) is 10.5. The fourth-order valence-corrected chi connectivity index (χ4v) is 2.34. The third-order valence-electron chi connectivity index (χ3n) is 3.62. The van der Waals surface area contributed by atoms with Crippen molar-refractivity contribution in [3.63, 3.8) is 0 Å². The van der Waals surface area contributed by atoms with E-state index in [1.807, 2.05) is 42.2 Å². The van der Waals surface area contributed by atoms with Gasteiger partial charge in [0.1, 0.15) is 0 Å². The highest BCUT2D eigenvalue weighted by Gasteiger charge is 2.11. The van der Waals surface area contributed by atoms with Gasteiger partial charge in [-0.3, -0.25) is 0 Å². The Labute approximate surface area is 144 Å². The van der Waals surface area contributed by atoms with Gasteiger partial charge in [0.15, 0.2) is 17.5 Å². The molecule has 0 aliphatic heterocycles. The first-order valence-corrected chi connectivity index (χ1v) is 7.86. The molecule has 0 amide bonds. The number of nitrogens with zero attached hydrogens (tertiary/aromatic N) is 4. The first-order valence-electron chi connectivity index (χ1n) is 7.86. The molecular formula is C18H17F2N5. The van der Waals surface area contributed by atoms with Gasteiger partial charge in [0, 0.05) is 24.8 Å². The van der Waals surface area contributed by atoms with E-state index < -0.39 is 11.6 Å². The lowest BCUT2D eigenvalue weighted by Gasteiger charge is -2.20. The molecule has 0 spiro atoms. The quantitative estimate of drug-likeness (QED) is 0.736. The van der Waals surface area contributed by atoms with Gasteiger partial charge in [0.2, 0.25) is 5.95 Å². The van der Waals surface area contributed by atoms with E-state index >= 15 is 0 Å². The second kappa shape index (κ2) is 7.65. The maximum absolute atomic E-state index is 13.3. The van der Waals surface area contributed by atoms with Crippen molar-refractivity contribution >= 4 is 17.5 Å². The van der Waals surface area contributed by atoms with Crippen molar-refractivity contribution in [1.82, 2.24) is 15.2 Å². The SMILES string of the molecule is CCN(Cc1ccccc1)c1nncc(Nc2ccc(F)c(F)c2)n1. The molecule has 0 aliphatic rings. The molecule has 5 nitrogen and oxygen atoms in total. The molecular weight excluding hydrogens is 324 g/mol. The van der Waals surface area contributed by atoms with Crippen molar-refractivity contribution in [2.45, 2.75) is 13.5 Å². The van der Waals surface area contributed by atoms with Crippen LogP contribution in [0.1, 0.15) is 12.5 Å². The highest BCUT2D eigenvalue weighted by atomic mass is 19.2. The van der Waals surface area contributed by atoms with Crippen LogP contribution < -0.4 is 10.2 Å². The number of benzene rings is 2. The molecule has 25 heavy (non-hydrogen) atoms. The molecule has 1 N–H and O–H groups in total. The molecule has 0 radical (unpaired) electrons. The van der Waals surface area contributed by atoms with E-state index in [9.17, 15) is 8.78 Å². The molecule has 0 aliphatic carbocycles. The fourth-order valence-electron chi connectivity index (χ4n) is 2.34. The third-order valence-corrected chi connectivity index (χ3v) is 3.62. The van der Waals surface area contributed by atoms with Gasteiger partial charge >= 0.3 is 0 Å². The summed E-state index contributed by atoms with van der Waals surface area (Å²) in [6, 6.07) is 13.5. The smallest absolute Gasteiger partial charge is 0.247 e. The largest absolute Gasteiger partial charge is 0.339 e. The molecule has 1 aromatic heterocycles. The minimum Gasteiger partial charge on any atom is -0.339 e. The lowest BCUT2D eigenvalue weighted by Crippen LogP contribution is -2.24. The van der Waals surface area contributed by atoms with Crippen LogP contribution in [0.4, 0.5) is 26.2 Å². The van der Waals surface area contributed by atoms with Crippen LogP contribution in [0.5, 0.6) is 0 Å². The molecule has 7 heteroatoms. The van der Waals surface area contributed by atoms with Crippen molar-refractivity contribution in [2.75, 3.05) is 16.8 Å². The number of anilines is 3. The first kappa shape index (κ1) is 16.8. The Bertz CT molecular complexity index is 842. The van der Waals surface area contributed by atoms with Crippen LogP contribution in [0.3, 0.4) is 0 Å². The van der Waals surface area contributed by atoms with E-state index in [0.717, 1.165) is 17.7 Å². The van der Waals surface area contributed by atoms with Crippen LogP contribution in [-0.4, -0.2) is 21.7 Å². The van der Waals surface area contributed by atoms with E-state index in [-0.39, 0.29) is 0 Å². The van der Waals surface area contributed by atoms with Crippen LogP contribution in [0.2, 0.25) is 0 Å². The van der Waals surface area contributed by atoms with Crippen LogP contribution in [0.15, 0.2) is 54.7 Å². The molecule has 0 saturated carbocycles. The zero-order valence-electron chi connectivity index (χ0n) is 13.7. The third kappa shape index (κ3) is 4.26. The second-order valence-electron chi connectivity index (χ2n) is 5.40. The highest BCUT2D eigenvalue weighted by molar-refractivity contribution is 5.56. The lowest BCUT2D eigenvalue weighted by molar-refractivity contribution is 0.509. The van der Waals surface area contributed by atoms with Gasteiger partial charge in [-0.15, -0.1) is 5.10 Å². The Balaban J connectivity index is 1.78. The number of hydrogen-bond donors (Lipinski definition) is 1. The van der Waals surface area contributed by atoms with Gasteiger partial charge in [-0.1, -0.05) is 30.3 Å².